The third kappa shape index (κ3) is 6.31. The Morgan fingerprint density at radius 3 is 2.76 bits per heavy atom. The Morgan fingerprint density at radius 2 is 2.14 bits per heavy atom. The van der Waals surface area contributed by atoms with Crippen molar-refractivity contribution in [2.24, 2.45) is 0 Å². The molecule has 5 nitrogen and oxygen atoms in total. The molecule has 0 heterocycles. The molecule has 2 amide bonds. The molecule has 2 unspecified atom stereocenters. The van der Waals surface area contributed by atoms with E-state index in [0.29, 0.717) is 11.3 Å². The molecule has 0 aliphatic carbocycles. The van der Waals surface area contributed by atoms with Gasteiger partial charge < -0.3 is 20.5 Å². The first-order chi connectivity index (χ1) is 9.92. The summed E-state index contributed by atoms with van der Waals surface area (Å²) in [6, 6.07) is 6.76. The van der Waals surface area contributed by atoms with Gasteiger partial charge in [0.05, 0.1) is 12.2 Å². The first-order valence-electron chi connectivity index (χ1n) is 7.04. The fourth-order valence-electron chi connectivity index (χ4n) is 1.69. The summed E-state index contributed by atoms with van der Waals surface area (Å²) in [6.07, 6.45) is 0.912. The number of hydrogen-bond acceptors (Lipinski definition) is 3. The zero-order valence-corrected chi connectivity index (χ0v) is 12.8. The van der Waals surface area contributed by atoms with Gasteiger partial charge in [0.25, 0.3) is 0 Å². The predicted molar refractivity (Wildman–Crippen MR) is 83.4 cm³/mol. The van der Waals surface area contributed by atoms with E-state index in [2.05, 4.69) is 17.2 Å². The number of rotatable bonds is 7. The number of amides is 2. The summed E-state index contributed by atoms with van der Waals surface area (Å²) in [5.74, 6) is 0.700. The number of carbonyl (C=O) groups is 1. The number of aliphatic hydroxyl groups is 1. The van der Waals surface area contributed by atoms with Crippen molar-refractivity contribution >= 4 is 6.03 Å². The number of hydrogen-bond donors (Lipinski definition) is 3. The average Bonchev–Trinajstić information content (AvgIpc) is 2.44. The van der Waals surface area contributed by atoms with Gasteiger partial charge in [0.1, 0.15) is 5.75 Å². The molecule has 3 N–H and O–H groups in total. The van der Waals surface area contributed by atoms with Crippen LogP contribution in [0.4, 0.5) is 4.79 Å². The number of ether oxygens (including phenoxy) is 1. The lowest BCUT2D eigenvalue weighted by atomic mass is 10.1. The lowest BCUT2D eigenvalue weighted by Crippen LogP contribution is -2.41. The highest BCUT2D eigenvalue weighted by molar-refractivity contribution is 5.74. The molecular formula is C16H24N2O3. The van der Waals surface area contributed by atoms with Gasteiger partial charge >= 0.3 is 6.03 Å². The molecule has 21 heavy (non-hydrogen) atoms. The van der Waals surface area contributed by atoms with Gasteiger partial charge in [0.2, 0.25) is 0 Å². The van der Waals surface area contributed by atoms with E-state index >= 15 is 0 Å². The van der Waals surface area contributed by atoms with Crippen LogP contribution in [-0.2, 0) is 0 Å². The number of urea groups is 1. The highest BCUT2D eigenvalue weighted by Crippen LogP contribution is 2.19. The van der Waals surface area contributed by atoms with Crippen molar-refractivity contribution in [3.05, 3.63) is 42.5 Å². The van der Waals surface area contributed by atoms with E-state index in [1.54, 1.807) is 18.2 Å². The SMILES string of the molecule is C=CC(C)NC(=O)NCC(O)c1cccc(OC(C)C)c1. The van der Waals surface area contributed by atoms with Crippen molar-refractivity contribution in [2.75, 3.05) is 6.54 Å². The molecule has 0 bridgehead atoms. The second-order valence-corrected chi connectivity index (χ2v) is 5.13. The lowest BCUT2D eigenvalue weighted by molar-refractivity contribution is 0.172. The van der Waals surface area contributed by atoms with Gasteiger partial charge in [-0.3, -0.25) is 0 Å². The van der Waals surface area contributed by atoms with Crippen LogP contribution in [-0.4, -0.2) is 29.8 Å². The van der Waals surface area contributed by atoms with Crippen LogP contribution in [0.25, 0.3) is 0 Å². The fraction of sp³-hybridized carbons (Fsp3) is 0.438. The van der Waals surface area contributed by atoms with Crippen molar-refractivity contribution in [1.29, 1.82) is 0 Å². The lowest BCUT2D eigenvalue weighted by Gasteiger charge is -2.16. The first-order valence-corrected chi connectivity index (χ1v) is 7.04. The summed E-state index contributed by atoms with van der Waals surface area (Å²) < 4.78 is 5.58. The minimum absolute atomic E-state index is 0.0710. The number of carbonyl (C=O) groups excluding carboxylic acids is 1. The monoisotopic (exact) mass is 292 g/mol. The van der Waals surface area contributed by atoms with Crippen LogP contribution < -0.4 is 15.4 Å². The van der Waals surface area contributed by atoms with E-state index in [4.69, 9.17) is 4.74 Å². The van der Waals surface area contributed by atoms with E-state index in [0.717, 1.165) is 0 Å². The minimum Gasteiger partial charge on any atom is -0.491 e. The van der Waals surface area contributed by atoms with Crippen molar-refractivity contribution in [3.8, 4) is 5.75 Å². The van der Waals surface area contributed by atoms with Crippen LogP contribution in [0.15, 0.2) is 36.9 Å². The molecule has 5 heteroatoms. The third-order valence-corrected chi connectivity index (χ3v) is 2.78. The molecule has 2 atom stereocenters. The molecule has 0 radical (unpaired) electrons. The topological polar surface area (TPSA) is 70.6 Å². The maximum atomic E-state index is 11.6. The van der Waals surface area contributed by atoms with E-state index in [-0.39, 0.29) is 24.7 Å². The quantitative estimate of drug-likeness (QED) is 0.676. The maximum absolute atomic E-state index is 11.6. The molecule has 1 rings (SSSR count). The van der Waals surface area contributed by atoms with Crippen LogP contribution >= 0.6 is 0 Å². The van der Waals surface area contributed by atoms with Crippen LogP contribution in [0.5, 0.6) is 5.75 Å². The normalized spacial score (nSPS) is 13.4. The zero-order valence-electron chi connectivity index (χ0n) is 12.8. The molecule has 0 saturated carbocycles. The van der Waals surface area contributed by atoms with E-state index in [1.165, 1.54) is 0 Å². The van der Waals surface area contributed by atoms with Gasteiger partial charge in [-0.15, -0.1) is 6.58 Å². The summed E-state index contributed by atoms with van der Waals surface area (Å²) in [5.41, 5.74) is 0.699. The van der Waals surface area contributed by atoms with Crippen molar-refractivity contribution in [2.45, 2.75) is 39.0 Å². The molecule has 0 fully saturated rings. The van der Waals surface area contributed by atoms with Crippen molar-refractivity contribution in [1.82, 2.24) is 10.6 Å². The van der Waals surface area contributed by atoms with Crippen LogP contribution in [0, 0.1) is 0 Å². The standard InChI is InChI=1S/C16H24N2O3/c1-5-12(4)18-16(20)17-10-15(19)13-7-6-8-14(9-13)21-11(2)3/h5-9,11-12,15,19H,1,10H2,2-4H3,(H2,17,18,20). The molecule has 1 aromatic carbocycles. The first kappa shape index (κ1) is 17.0. The van der Waals surface area contributed by atoms with Gasteiger partial charge in [-0.2, -0.15) is 0 Å². The van der Waals surface area contributed by atoms with Crippen molar-refractivity contribution < 1.29 is 14.6 Å². The van der Waals surface area contributed by atoms with Crippen LogP contribution in [0.3, 0.4) is 0 Å². The van der Waals surface area contributed by atoms with Crippen molar-refractivity contribution in [3.63, 3.8) is 0 Å². The number of benzene rings is 1. The largest absolute Gasteiger partial charge is 0.491 e. The van der Waals surface area contributed by atoms with E-state index < -0.39 is 6.10 Å². The third-order valence-electron chi connectivity index (χ3n) is 2.78. The Hall–Kier alpha value is -2.01. The molecule has 0 saturated heterocycles. The number of aliphatic hydroxyl groups excluding tert-OH is 1. The fourth-order valence-corrected chi connectivity index (χ4v) is 1.69. The van der Waals surface area contributed by atoms with Gasteiger partial charge in [-0.05, 0) is 38.5 Å². The predicted octanol–water partition coefficient (Wildman–Crippen LogP) is 2.38. The second-order valence-electron chi connectivity index (χ2n) is 5.13. The molecular weight excluding hydrogens is 268 g/mol. The summed E-state index contributed by atoms with van der Waals surface area (Å²) in [6.45, 7) is 9.41. The molecule has 1 aromatic rings. The van der Waals surface area contributed by atoms with Crippen LogP contribution in [0.1, 0.15) is 32.4 Å². The highest BCUT2D eigenvalue weighted by Gasteiger charge is 2.11. The smallest absolute Gasteiger partial charge is 0.315 e. The van der Waals surface area contributed by atoms with Gasteiger partial charge in [-0.25, -0.2) is 4.79 Å². The van der Waals surface area contributed by atoms with Gasteiger partial charge in [0, 0.05) is 12.6 Å². The minimum atomic E-state index is -0.787. The summed E-state index contributed by atoms with van der Waals surface area (Å²) in [4.78, 5) is 11.6. The Kier molecular flexibility index (Phi) is 6.75. The number of nitrogens with one attached hydrogen (secondary N) is 2. The van der Waals surface area contributed by atoms with E-state index in [9.17, 15) is 9.90 Å². The van der Waals surface area contributed by atoms with Gasteiger partial charge in [-0.1, -0.05) is 18.2 Å². The molecule has 0 spiro atoms. The highest BCUT2D eigenvalue weighted by atomic mass is 16.5. The molecule has 0 aliphatic rings. The Morgan fingerprint density at radius 1 is 1.43 bits per heavy atom. The molecule has 0 aliphatic heterocycles. The average molecular weight is 292 g/mol. The second kappa shape index (κ2) is 8.32. The summed E-state index contributed by atoms with van der Waals surface area (Å²) in [7, 11) is 0. The molecule has 116 valence electrons. The summed E-state index contributed by atoms with van der Waals surface area (Å²) in [5, 5.41) is 15.4. The zero-order chi connectivity index (χ0) is 15.8. The maximum Gasteiger partial charge on any atom is 0.315 e. The van der Waals surface area contributed by atoms with Gasteiger partial charge in [0.15, 0.2) is 0 Å². The molecule has 0 aromatic heterocycles. The Labute approximate surface area is 126 Å². The Balaban J connectivity index is 2.53. The van der Waals surface area contributed by atoms with Crippen LogP contribution in [0.2, 0.25) is 0 Å². The Bertz CT molecular complexity index is 474. The van der Waals surface area contributed by atoms with E-state index in [1.807, 2.05) is 32.9 Å². The summed E-state index contributed by atoms with van der Waals surface area (Å²) >= 11 is 0.